The molecule has 2 rings (SSSR count). The first-order valence-corrected chi connectivity index (χ1v) is 9.12. The van der Waals surface area contributed by atoms with Gasteiger partial charge in [-0.25, -0.2) is 4.98 Å². The molecule has 2 aromatic rings. The molecule has 1 unspecified atom stereocenters. The van der Waals surface area contributed by atoms with Gasteiger partial charge in [-0.1, -0.05) is 37.3 Å². The third-order valence-corrected chi connectivity index (χ3v) is 4.53. The minimum absolute atomic E-state index is 0.0110. The third kappa shape index (κ3) is 5.98. The van der Waals surface area contributed by atoms with Crippen LogP contribution >= 0.6 is 11.8 Å². The highest BCUT2D eigenvalue weighted by molar-refractivity contribution is 8.00. The zero-order valence-electron chi connectivity index (χ0n) is 14.1. The Labute approximate surface area is 147 Å². The van der Waals surface area contributed by atoms with E-state index in [0.29, 0.717) is 19.1 Å². The van der Waals surface area contributed by atoms with Crippen LogP contribution in [-0.4, -0.2) is 41.6 Å². The number of hydrogen-bond donors (Lipinski definition) is 0. The molecule has 0 aliphatic heterocycles. The largest absolute Gasteiger partial charge is 0.475 e. The highest BCUT2D eigenvalue weighted by atomic mass is 32.2. The van der Waals surface area contributed by atoms with Gasteiger partial charge in [-0.2, -0.15) is 11.8 Å². The maximum Gasteiger partial charge on any atom is 0.213 e. The molecule has 0 aliphatic rings. The molecule has 1 aromatic carbocycles. The van der Waals surface area contributed by atoms with E-state index in [2.05, 4.69) is 4.98 Å². The van der Waals surface area contributed by atoms with Crippen LogP contribution in [0.15, 0.2) is 48.7 Å². The van der Waals surface area contributed by atoms with Crippen molar-refractivity contribution in [3.05, 3.63) is 48.7 Å². The zero-order valence-corrected chi connectivity index (χ0v) is 14.9. The first-order chi connectivity index (χ1) is 11.7. The van der Waals surface area contributed by atoms with Crippen LogP contribution < -0.4 is 4.74 Å². The van der Waals surface area contributed by atoms with Crippen molar-refractivity contribution in [3.8, 4) is 17.0 Å². The summed E-state index contributed by atoms with van der Waals surface area (Å²) < 4.78 is 10.9. The molecule has 0 saturated carbocycles. The number of carbonyl (C=O) groups is 1. The van der Waals surface area contributed by atoms with Gasteiger partial charge in [-0.15, -0.1) is 0 Å². The molecule has 5 heteroatoms. The third-order valence-electron chi connectivity index (χ3n) is 3.44. The molecule has 1 atom stereocenters. The Kier molecular flexibility index (Phi) is 7.79. The Morgan fingerprint density at radius 3 is 2.58 bits per heavy atom. The lowest BCUT2D eigenvalue weighted by molar-refractivity contribution is -0.123. The van der Waals surface area contributed by atoms with Crippen LogP contribution in [0.5, 0.6) is 5.88 Å². The highest BCUT2D eigenvalue weighted by Gasteiger charge is 2.12. The number of Topliss-reactive ketones (excluding diaryl/α,β-unsaturated/α-hetero) is 1. The van der Waals surface area contributed by atoms with Crippen molar-refractivity contribution in [2.45, 2.75) is 19.1 Å². The average Bonchev–Trinajstić information content (AvgIpc) is 2.62. The molecule has 128 valence electrons. The molecule has 0 bridgehead atoms. The predicted molar refractivity (Wildman–Crippen MR) is 98.6 cm³/mol. The van der Waals surface area contributed by atoms with Crippen molar-refractivity contribution in [1.82, 2.24) is 4.98 Å². The maximum atomic E-state index is 11.7. The normalized spacial score (nSPS) is 11.9. The number of nitrogens with zero attached hydrogens (tertiary/aromatic N) is 1. The molecule has 0 aliphatic carbocycles. The minimum Gasteiger partial charge on any atom is -0.475 e. The SMILES string of the molecule is CCSC(C)C(=O)COCCOc1ccc(-c2ccccc2)cn1. The number of hydrogen-bond acceptors (Lipinski definition) is 5. The van der Waals surface area contributed by atoms with Crippen LogP contribution in [0.2, 0.25) is 0 Å². The smallest absolute Gasteiger partial charge is 0.213 e. The first-order valence-electron chi connectivity index (χ1n) is 8.07. The van der Waals surface area contributed by atoms with Gasteiger partial charge in [0.15, 0.2) is 5.78 Å². The number of ketones is 1. The molecule has 1 heterocycles. The van der Waals surface area contributed by atoms with Crippen LogP contribution in [0.25, 0.3) is 11.1 Å². The summed E-state index contributed by atoms with van der Waals surface area (Å²) >= 11 is 1.63. The number of benzene rings is 1. The summed E-state index contributed by atoms with van der Waals surface area (Å²) in [6.07, 6.45) is 1.79. The van der Waals surface area contributed by atoms with Crippen molar-refractivity contribution in [2.24, 2.45) is 0 Å². The first kappa shape index (κ1) is 18.5. The van der Waals surface area contributed by atoms with E-state index < -0.39 is 0 Å². The van der Waals surface area contributed by atoms with E-state index in [0.717, 1.165) is 16.9 Å². The molecule has 0 radical (unpaired) electrons. The van der Waals surface area contributed by atoms with Gasteiger partial charge in [0, 0.05) is 17.8 Å². The van der Waals surface area contributed by atoms with Gasteiger partial charge < -0.3 is 9.47 Å². The zero-order chi connectivity index (χ0) is 17.2. The van der Waals surface area contributed by atoms with Crippen LogP contribution in [0.3, 0.4) is 0 Å². The second kappa shape index (κ2) is 10.1. The second-order valence-electron chi connectivity index (χ2n) is 5.22. The van der Waals surface area contributed by atoms with E-state index in [1.165, 1.54) is 0 Å². The fourth-order valence-corrected chi connectivity index (χ4v) is 2.86. The summed E-state index contributed by atoms with van der Waals surface area (Å²) in [6.45, 7) is 4.84. The predicted octanol–water partition coefficient (Wildman–Crippen LogP) is 3.85. The number of thioether (sulfide) groups is 1. The summed E-state index contributed by atoms with van der Waals surface area (Å²) in [5, 5.41) is -0.0110. The molecule has 0 fully saturated rings. The summed E-state index contributed by atoms with van der Waals surface area (Å²) in [4.78, 5) is 16.0. The van der Waals surface area contributed by atoms with Crippen LogP contribution in [0, 0.1) is 0 Å². The lowest BCUT2D eigenvalue weighted by Gasteiger charge is -2.10. The van der Waals surface area contributed by atoms with E-state index in [1.807, 2.05) is 56.3 Å². The Balaban J connectivity index is 1.69. The van der Waals surface area contributed by atoms with E-state index >= 15 is 0 Å². The van der Waals surface area contributed by atoms with Crippen LogP contribution in [-0.2, 0) is 9.53 Å². The standard InChI is InChI=1S/C19H23NO3S/c1-3-24-15(2)18(21)14-22-11-12-23-19-10-9-17(13-20-19)16-7-5-4-6-8-16/h4-10,13,15H,3,11-12,14H2,1-2H3. The van der Waals surface area contributed by atoms with Crippen molar-refractivity contribution in [3.63, 3.8) is 0 Å². The summed E-state index contributed by atoms with van der Waals surface area (Å²) in [5.74, 6) is 1.60. The molecular weight excluding hydrogens is 322 g/mol. The Morgan fingerprint density at radius 1 is 1.12 bits per heavy atom. The molecule has 0 amide bonds. The van der Waals surface area contributed by atoms with Gasteiger partial charge >= 0.3 is 0 Å². The van der Waals surface area contributed by atoms with Crippen molar-refractivity contribution in [2.75, 3.05) is 25.6 Å². The topological polar surface area (TPSA) is 48.4 Å². The van der Waals surface area contributed by atoms with E-state index in [-0.39, 0.29) is 17.6 Å². The Bertz CT molecular complexity index is 616. The Hall–Kier alpha value is -1.85. The fraction of sp³-hybridized carbons (Fsp3) is 0.368. The molecule has 4 nitrogen and oxygen atoms in total. The number of aromatic nitrogens is 1. The Morgan fingerprint density at radius 2 is 1.92 bits per heavy atom. The molecular formula is C19H23NO3S. The van der Waals surface area contributed by atoms with E-state index in [9.17, 15) is 4.79 Å². The fourth-order valence-electron chi connectivity index (χ4n) is 2.11. The van der Waals surface area contributed by atoms with Crippen molar-refractivity contribution < 1.29 is 14.3 Å². The summed E-state index contributed by atoms with van der Waals surface area (Å²) in [6, 6.07) is 13.9. The summed E-state index contributed by atoms with van der Waals surface area (Å²) in [7, 11) is 0. The maximum absolute atomic E-state index is 11.7. The quantitative estimate of drug-likeness (QED) is 0.612. The van der Waals surface area contributed by atoms with Gasteiger partial charge in [-0.05, 0) is 24.3 Å². The number of carbonyl (C=O) groups excluding carboxylic acids is 1. The van der Waals surface area contributed by atoms with Crippen molar-refractivity contribution in [1.29, 1.82) is 0 Å². The van der Waals surface area contributed by atoms with E-state index in [4.69, 9.17) is 9.47 Å². The lowest BCUT2D eigenvalue weighted by Crippen LogP contribution is -2.21. The van der Waals surface area contributed by atoms with Gasteiger partial charge in [0.1, 0.15) is 13.2 Å². The molecule has 24 heavy (non-hydrogen) atoms. The highest BCUT2D eigenvalue weighted by Crippen LogP contribution is 2.19. The molecule has 0 saturated heterocycles. The lowest BCUT2D eigenvalue weighted by atomic mass is 10.1. The van der Waals surface area contributed by atoms with Gasteiger partial charge in [-0.3, -0.25) is 4.79 Å². The van der Waals surface area contributed by atoms with Crippen LogP contribution in [0.4, 0.5) is 0 Å². The monoisotopic (exact) mass is 345 g/mol. The molecule has 0 N–H and O–H groups in total. The number of ether oxygens (including phenoxy) is 2. The van der Waals surface area contributed by atoms with Gasteiger partial charge in [0.25, 0.3) is 0 Å². The number of pyridine rings is 1. The van der Waals surface area contributed by atoms with E-state index in [1.54, 1.807) is 18.0 Å². The van der Waals surface area contributed by atoms with Gasteiger partial charge in [0.05, 0.1) is 11.9 Å². The minimum atomic E-state index is -0.0110. The van der Waals surface area contributed by atoms with Gasteiger partial charge in [0.2, 0.25) is 5.88 Å². The average molecular weight is 345 g/mol. The number of rotatable bonds is 10. The molecule has 1 aromatic heterocycles. The van der Waals surface area contributed by atoms with Crippen LogP contribution in [0.1, 0.15) is 13.8 Å². The summed E-state index contributed by atoms with van der Waals surface area (Å²) in [5.41, 5.74) is 2.17. The molecule has 0 spiro atoms. The second-order valence-corrected chi connectivity index (χ2v) is 6.83. The van der Waals surface area contributed by atoms with Crippen molar-refractivity contribution >= 4 is 17.5 Å².